The van der Waals surface area contributed by atoms with E-state index in [9.17, 15) is 13.5 Å². The van der Waals surface area contributed by atoms with Gasteiger partial charge >= 0.3 is 0 Å². The van der Waals surface area contributed by atoms with Crippen molar-refractivity contribution in [1.29, 1.82) is 0 Å². The molecule has 0 amide bonds. The lowest BCUT2D eigenvalue weighted by atomic mass is 10.1. The standard InChI is InChI=1S/C20H22N2O3S2/c1-14-18(11-12-23)26-20(22(14)13-15-9-10-15)21-27(24,25)19-8-4-6-16-5-2-3-7-17(16)19/h2-8,15,23H,9-13H2,1H3. The molecule has 0 radical (unpaired) electrons. The number of aromatic nitrogens is 1. The second kappa shape index (κ2) is 7.22. The number of benzene rings is 2. The summed E-state index contributed by atoms with van der Waals surface area (Å²) in [5.41, 5.74) is 1.01. The zero-order valence-electron chi connectivity index (χ0n) is 15.1. The Morgan fingerprint density at radius 2 is 1.93 bits per heavy atom. The SMILES string of the molecule is Cc1c(CCO)sc(=NS(=O)(=O)c2cccc3ccccc23)n1CC1CC1. The first-order valence-corrected chi connectivity index (χ1v) is 11.3. The molecule has 1 heterocycles. The smallest absolute Gasteiger partial charge is 0.285 e. The molecule has 0 unspecified atom stereocenters. The van der Waals surface area contributed by atoms with Crippen LogP contribution in [0.5, 0.6) is 0 Å². The van der Waals surface area contributed by atoms with Crippen molar-refractivity contribution in [2.75, 3.05) is 6.61 Å². The van der Waals surface area contributed by atoms with E-state index < -0.39 is 10.0 Å². The van der Waals surface area contributed by atoms with E-state index in [0.29, 0.717) is 22.5 Å². The van der Waals surface area contributed by atoms with Crippen molar-refractivity contribution in [2.24, 2.45) is 10.3 Å². The summed E-state index contributed by atoms with van der Waals surface area (Å²) in [4.78, 5) is 1.72. The summed E-state index contributed by atoms with van der Waals surface area (Å²) in [7, 11) is -3.84. The predicted octanol–water partition coefficient (Wildman–Crippen LogP) is 3.25. The average Bonchev–Trinajstić information content (AvgIpc) is 3.43. The molecule has 1 N–H and O–H groups in total. The summed E-state index contributed by atoms with van der Waals surface area (Å²) in [6, 6.07) is 12.7. The number of sulfonamides is 1. The van der Waals surface area contributed by atoms with Crippen LogP contribution in [0.4, 0.5) is 0 Å². The molecule has 7 heteroatoms. The summed E-state index contributed by atoms with van der Waals surface area (Å²) in [6.07, 6.45) is 2.87. The van der Waals surface area contributed by atoms with E-state index in [0.717, 1.165) is 22.5 Å². The van der Waals surface area contributed by atoms with E-state index in [1.165, 1.54) is 24.2 Å². The molecule has 5 nitrogen and oxygen atoms in total. The third-order valence-corrected chi connectivity index (χ3v) is 7.64. The third-order valence-electron chi connectivity index (χ3n) is 4.96. The first kappa shape index (κ1) is 18.4. The summed E-state index contributed by atoms with van der Waals surface area (Å²) >= 11 is 1.36. The van der Waals surface area contributed by atoms with Crippen LogP contribution >= 0.6 is 11.3 Å². The van der Waals surface area contributed by atoms with E-state index in [1.807, 2.05) is 41.8 Å². The normalized spacial score (nSPS) is 15.6. The third kappa shape index (κ3) is 3.72. The minimum atomic E-state index is -3.84. The molecular weight excluding hydrogens is 380 g/mol. The van der Waals surface area contributed by atoms with Crippen LogP contribution in [-0.2, 0) is 23.0 Å². The average molecular weight is 403 g/mol. The van der Waals surface area contributed by atoms with Crippen LogP contribution in [-0.4, -0.2) is 24.7 Å². The molecule has 1 aliphatic rings. The minimum absolute atomic E-state index is 0.0420. The van der Waals surface area contributed by atoms with Crippen LogP contribution in [0.2, 0.25) is 0 Å². The highest BCUT2D eigenvalue weighted by Gasteiger charge is 2.25. The van der Waals surface area contributed by atoms with Crippen molar-refractivity contribution in [1.82, 2.24) is 4.57 Å². The fraction of sp³-hybridized carbons (Fsp3) is 0.350. The Bertz CT molecular complexity index is 1150. The Hall–Kier alpha value is -1.96. The topological polar surface area (TPSA) is 71.7 Å². The lowest BCUT2D eigenvalue weighted by molar-refractivity contribution is 0.300. The maximum atomic E-state index is 13.1. The van der Waals surface area contributed by atoms with Crippen LogP contribution in [0.25, 0.3) is 10.8 Å². The molecule has 1 aromatic heterocycles. The second-order valence-corrected chi connectivity index (χ2v) is 9.60. The number of fused-ring (bicyclic) bond motifs is 1. The van der Waals surface area contributed by atoms with Crippen molar-refractivity contribution in [3.8, 4) is 0 Å². The highest BCUT2D eigenvalue weighted by atomic mass is 32.2. The van der Waals surface area contributed by atoms with Gasteiger partial charge in [-0.1, -0.05) is 36.4 Å². The molecule has 3 aromatic rings. The molecule has 0 saturated heterocycles. The van der Waals surface area contributed by atoms with Crippen LogP contribution in [0.3, 0.4) is 0 Å². The lowest BCUT2D eigenvalue weighted by Crippen LogP contribution is -2.19. The van der Waals surface area contributed by atoms with Gasteiger partial charge in [0.2, 0.25) is 4.80 Å². The van der Waals surface area contributed by atoms with Gasteiger partial charge in [-0.3, -0.25) is 0 Å². The van der Waals surface area contributed by atoms with Crippen molar-refractivity contribution in [3.63, 3.8) is 0 Å². The fourth-order valence-electron chi connectivity index (χ4n) is 3.28. The van der Waals surface area contributed by atoms with Gasteiger partial charge in [0.25, 0.3) is 10.0 Å². The van der Waals surface area contributed by atoms with E-state index in [4.69, 9.17) is 0 Å². The second-order valence-electron chi connectivity index (χ2n) is 6.96. The highest BCUT2D eigenvalue weighted by molar-refractivity contribution is 7.90. The first-order chi connectivity index (χ1) is 13.0. The molecule has 4 rings (SSSR count). The summed E-state index contributed by atoms with van der Waals surface area (Å²) in [5, 5.41) is 10.9. The number of rotatable bonds is 6. The molecule has 0 aliphatic heterocycles. The van der Waals surface area contributed by atoms with Crippen molar-refractivity contribution >= 4 is 32.1 Å². The number of aliphatic hydroxyl groups is 1. The van der Waals surface area contributed by atoms with Gasteiger partial charge in [0.05, 0.1) is 4.90 Å². The van der Waals surface area contributed by atoms with Gasteiger partial charge in [-0.05, 0) is 37.1 Å². The summed E-state index contributed by atoms with van der Waals surface area (Å²) in [5.74, 6) is 0.597. The Morgan fingerprint density at radius 3 is 2.67 bits per heavy atom. The van der Waals surface area contributed by atoms with Crippen LogP contribution in [0.1, 0.15) is 23.4 Å². The van der Waals surface area contributed by atoms with Gasteiger partial charge in [-0.15, -0.1) is 15.7 Å². The van der Waals surface area contributed by atoms with Gasteiger partial charge in [0.1, 0.15) is 0 Å². The zero-order chi connectivity index (χ0) is 19.0. The first-order valence-electron chi connectivity index (χ1n) is 9.08. The molecule has 2 aromatic carbocycles. The maximum Gasteiger partial charge on any atom is 0.285 e. The summed E-state index contributed by atoms with van der Waals surface area (Å²) < 4.78 is 32.5. The molecule has 0 bridgehead atoms. The van der Waals surface area contributed by atoms with E-state index in [-0.39, 0.29) is 11.5 Å². The summed E-state index contributed by atoms with van der Waals surface area (Å²) in [6.45, 7) is 2.81. The molecule has 1 aliphatic carbocycles. The maximum absolute atomic E-state index is 13.1. The van der Waals surface area contributed by atoms with Crippen LogP contribution < -0.4 is 4.80 Å². The number of hydrogen-bond donors (Lipinski definition) is 1. The number of hydrogen-bond acceptors (Lipinski definition) is 4. The molecule has 1 saturated carbocycles. The van der Waals surface area contributed by atoms with Gasteiger partial charge in [0, 0.05) is 35.5 Å². The van der Waals surface area contributed by atoms with Gasteiger partial charge < -0.3 is 9.67 Å². The van der Waals surface area contributed by atoms with Crippen molar-refractivity contribution in [3.05, 3.63) is 57.8 Å². The number of thiazole rings is 1. The lowest BCUT2D eigenvalue weighted by Gasteiger charge is -2.06. The molecule has 0 spiro atoms. The Morgan fingerprint density at radius 1 is 1.19 bits per heavy atom. The van der Waals surface area contributed by atoms with Crippen LogP contribution in [0, 0.1) is 12.8 Å². The number of nitrogens with zero attached hydrogens (tertiary/aromatic N) is 2. The minimum Gasteiger partial charge on any atom is -0.396 e. The molecule has 1 fully saturated rings. The molecule has 27 heavy (non-hydrogen) atoms. The van der Waals surface area contributed by atoms with E-state index >= 15 is 0 Å². The molecular formula is C20H22N2O3S2. The van der Waals surface area contributed by atoms with Gasteiger partial charge in [-0.2, -0.15) is 8.42 Å². The van der Waals surface area contributed by atoms with Gasteiger partial charge in [0.15, 0.2) is 0 Å². The zero-order valence-corrected chi connectivity index (χ0v) is 16.8. The fourth-order valence-corrected chi connectivity index (χ4v) is 5.83. The van der Waals surface area contributed by atoms with Crippen molar-refractivity contribution in [2.45, 2.75) is 37.6 Å². The van der Waals surface area contributed by atoms with Crippen molar-refractivity contribution < 1.29 is 13.5 Å². The molecule has 0 atom stereocenters. The van der Waals surface area contributed by atoms with Gasteiger partial charge in [-0.25, -0.2) is 0 Å². The Labute approximate surface area is 162 Å². The largest absolute Gasteiger partial charge is 0.396 e. The molecule has 142 valence electrons. The monoisotopic (exact) mass is 402 g/mol. The van der Waals surface area contributed by atoms with Crippen LogP contribution in [0.15, 0.2) is 51.8 Å². The predicted molar refractivity (Wildman–Crippen MR) is 107 cm³/mol. The van der Waals surface area contributed by atoms with E-state index in [2.05, 4.69) is 4.40 Å². The Kier molecular flexibility index (Phi) is 4.92. The number of aliphatic hydroxyl groups excluding tert-OH is 1. The van der Waals surface area contributed by atoms with E-state index in [1.54, 1.807) is 12.1 Å². The Balaban J connectivity index is 1.87. The highest BCUT2D eigenvalue weighted by Crippen LogP contribution is 2.31. The quantitative estimate of drug-likeness (QED) is 0.688.